The first-order valence-electron chi connectivity index (χ1n) is 10.2. The number of imidazole rings is 1. The number of ether oxygens (including phenoxy) is 2. The molecule has 0 aliphatic heterocycles. The second-order valence-electron chi connectivity index (χ2n) is 6.66. The summed E-state index contributed by atoms with van der Waals surface area (Å²) in [6, 6.07) is 9.74. The van der Waals surface area contributed by atoms with Gasteiger partial charge in [0.2, 0.25) is 5.65 Å². The van der Waals surface area contributed by atoms with Crippen molar-refractivity contribution in [3.05, 3.63) is 48.5 Å². The molecular weight excluding hydrogens is 437 g/mol. The van der Waals surface area contributed by atoms with E-state index in [0.29, 0.717) is 17.8 Å². The molecule has 3 rings (SSSR count). The van der Waals surface area contributed by atoms with E-state index in [1.807, 2.05) is 30.3 Å². The normalized spacial score (nSPS) is 12.8. The van der Waals surface area contributed by atoms with E-state index in [-0.39, 0.29) is 38.6 Å². The van der Waals surface area contributed by atoms with Crippen LogP contribution >= 0.6 is 7.60 Å². The summed E-state index contributed by atoms with van der Waals surface area (Å²) in [4.78, 5) is 18.0. The van der Waals surface area contributed by atoms with Crippen molar-refractivity contribution in [1.82, 2.24) is 19.7 Å². The van der Waals surface area contributed by atoms with Crippen LogP contribution in [0.2, 0.25) is 0 Å². The molecule has 0 aliphatic rings. The Labute approximate surface area is 186 Å². The Morgan fingerprint density at radius 1 is 1.06 bits per heavy atom. The van der Waals surface area contributed by atoms with E-state index >= 15 is 0 Å². The predicted octanol–water partition coefficient (Wildman–Crippen LogP) is 2.66. The van der Waals surface area contributed by atoms with Crippen LogP contribution in [0, 0.1) is 0 Å². The van der Waals surface area contributed by atoms with Gasteiger partial charge in [0.05, 0.1) is 26.4 Å². The molecule has 1 aromatic carbocycles. The number of anilines is 1. The number of benzene rings is 1. The molecule has 0 amide bonds. The molecule has 12 heteroatoms. The molecule has 11 nitrogen and oxygen atoms in total. The first kappa shape index (κ1) is 24.1. The fraction of sp³-hybridized carbons (Fsp3) is 0.450. The molecule has 0 radical (unpaired) electrons. The number of nitrogens with zero attached hydrogens (tertiary/aromatic N) is 4. The Kier molecular flexibility index (Phi) is 8.95. The monoisotopic (exact) mass is 465 g/mol. The quantitative estimate of drug-likeness (QED) is 0.354. The van der Waals surface area contributed by atoms with Crippen molar-refractivity contribution in [2.24, 2.45) is 0 Å². The van der Waals surface area contributed by atoms with Gasteiger partial charge in [0.1, 0.15) is 31.7 Å². The van der Waals surface area contributed by atoms with Gasteiger partial charge in [-0.15, -0.1) is 0 Å². The SMILES string of the molecule is CCOP(=O)(COC(COCc1ccccc1)COn1cnc2c(N)ncnc21)OCC. The molecule has 0 aliphatic carbocycles. The average Bonchev–Trinajstić information content (AvgIpc) is 3.21. The van der Waals surface area contributed by atoms with E-state index in [4.69, 9.17) is 29.1 Å². The fourth-order valence-electron chi connectivity index (χ4n) is 2.82. The molecular formula is C20H28N5O6P. The highest BCUT2D eigenvalue weighted by molar-refractivity contribution is 7.53. The van der Waals surface area contributed by atoms with Gasteiger partial charge in [-0.3, -0.25) is 4.57 Å². The van der Waals surface area contributed by atoms with E-state index < -0.39 is 13.7 Å². The van der Waals surface area contributed by atoms with Gasteiger partial charge in [0.15, 0.2) is 11.3 Å². The summed E-state index contributed by atoms with van der Waals surface area (Å²) in [6.07, 6.45) is 1.99. The van der Waals surface area contributed by atoms with Gasteiger partial charge < -0.3 is 29.1 Å². The van der Waals surface area contributed by atoms with Gasteiger partial charge in [-0.2, -0.15) is 4.73 Å². The molecule has 32 heavy (non-hydrogen) atoms. The molecule has 0 saturated heterocycles. The Morgan fingerprint density at radius 3 is 2.53 bits per heavy atom. The summed E-state index contributed by atoms with van der Waals surface area (Å²) in [5, 5.41) is 0. The summed E-state index contributed by atoms with van der Waals surface area (Å²) in [5.41, 5.74) is 7.69. The summed E-state index contributed by atoms with van der Waals surface area (Å²) >= 11 is 0. The van der Waals surface area contributed by atoms with Crippen molar-refractivity contribution in [3.63, 3.8) is 0 Å². The van der Waals surface area contributed by atoms with E-state index in [2.05, 4.69) is 15.0 Å². The minimum absolute atomic E-state index is 0.0718. The van der Waals surface area contributed by atoms with Crippen molar-refractivity contribution < 1.29 is 27.9 Å². The predicted molar refractivity (Wildman–Crippen MR) is 118 cm³/mol. The maximum absolute atomic E-state index is 12.8. The maximum Gasteiger partial charge on any atom is 0.356 e. The molecule has 0 bridgehead atoms. The number of aromatic nitrogens is 4. The lowest BCUT2D eigenvalue weighted by molar-refractivity contribution is -0.0561. The second-order valence-corrected chi connectivity index (χ2v) is 8.66. The van der Waals surface area contributed by atoms with Crippen molar-refractivity contribution in [2.75, 3.05) is 38.5 Å². The van der Waals surface area contributed by atoms with Crippen LogP contribution < -0.4 is 10.6 Å². The van der Waals surface area contributed by atoms with Gasteiger partial charge in [-0.1, -0.05) is 30.3 Å². The number of hydrogen-bond donors (Lipinski definition) is 1. The van der Waals surface area contributed by atoms with E-state index in [9.17, 15) is 4.57 Å². The molecule has 1 unspecified atom stereocenters. The number of nitrogens with two attached hydrogens (primary N) is 1. The van der Waals surface area contributed by atoms with Crippen LogP contribution in [-0.2, 0) is 29.7 Å². The van der Waals surface area contributed by atoms with Crippen LogP contribution in [0.3, 0.4) is 0 Å². The van der Waals surface area contributed by atoms with Crippen molar-refractivity contribution in [3.8, 4) is 0 Å². The zero-order chi connectivity index (χ0) is 22.8. The number of rotatable bonds is 14. The second kappa shape index (κ2) is 11.9. The maximum atomic E-state index is 12.8. The molecule has 0 spiro atoms. The number of hydrogen-bond acceptors (Lipinski definition) is 10. The largest absolute Gasteiger partial charge is 0.408 e. The zero-order valence-electron chi connectivity index (χ0n) is 18.1. The molecule has 2 N–H and O–H groups in total. The molecule has 1 atom stereocenters. The molecule has 0 saturated carbocycles. The Morgan fingerprint density at radius 2 is 1.81 bits per heavy atom. The summed E-state index contributed by atoms with van der Waals surface area (Å²) < 4.78 is 36.4. The lowest BCUT2D eigenvalue weighted by Gasteiger charge is -2.22. The molecule has 2 aromatic heterocycles. The Bertz CT molecular complexity index is 1010. The average molecular weight is 465 g/mol. The Hall–Kier alpha value is -2.56. The lowest BCUT2D eigenvalue weighted by atomic mass is 10.2. The summed E-state index contributed by atoms with van der Waals surface area (Å²) in [6.45, 7) is 4.63. The zero-order valence-corrected chi connectivity index (χ0v) is 19.0. The minimum atomic E-state index is -3.38. The smallest absolute Gasteiger partial charge is 0.356 e. The van der Waals surface area contributed by atoms with Crippen LogP contribution in [-0.4, -0.2) is 58.6 Å². The first-order valence-corrected chi connectivity index (χ1v) is 12.0. The van der Waals surface area contributed by atoms with Crippen LogP contribution in [0.1, 0.15) is 19.4 Å². The topological polar surface area (TPSA) is 133 Å². The van der Waals surface area contributed by atoms with Gasteiger partial charge in [-0.05, 0) is 19.4 Å². The van der Waals surface area contributed by atoms with Crippen LogP contribution in [0.5, 0.6) is 0 Å². The standard InChI is InChI=1S/C20H28N5O6P/c1-3-30-32(26,31-4-2)15-28-17(11-27-10-16-8-6-5-7-9-16)12-29-25-14-24-18-19(21)22-13-23-20(18)25/h5-9,13-14,17H,3-4,10-12,15H2,1-2H3,(H2,21,22,23). The molecule has 2 heterocycles. The van der Waals surface area contributed by atoms with Crippen LogP contribution in [0.4, 0.5) is 5.82 Å². The van der Waals surface area contributed by atoms with Crippen molar-refractivity contribution in [2.45, 2.75) is 26.6 Å². The van der Waals surface area contributed by atoms with E-state index in [0.717, 1.165) is 5.56 Å². The molecule has 3 aromatic rings. The van der Waals surface area contributed by atoms with Gasteiger partial charge in [-0.25, -0.2) is 15.0 Å². The summed E-state index contributed by atoms with van der Waals surface area (Å²) in [7, 11) is -3.38. The van der Waals surface area contributed by atoms with Crippen molar-refractivity contribution >= 4 is 24.6 Å². The van der Waals surface area contributed by atoms with E-state index in [1.54, 1.807) is 13.8 Å². The van der Waals surface area contributed by atoms with Crippen LogP contribution in [0.25, 0.3) is 11.2 Å². The van der Waals surface area contributed by atoms with Crippen molar-refractivity contribution in [1.29, 1.82) is 0 Å². The third-order valence-corrected chi connectivity index (χ3v) is 6.03. The van der Waals surface area contributed by atoms with Gasteiger partial charge in [0.25, 0.3) is 0 Å². The number of nitrogen functional groups attached to an aromatic ring is 1. The molecule has 0 fully saturated rings. The Balaban J connectivity index is 1.64. The van der Waals surface area contributed by atoms with Gasteiger partial charge >= 0.3 is 7.60 Å². The first-order chi connectivity index (χ1) is 15.5. The highest BCUT2D eigenvalue weighted by Gasteiger charge is 2.26. The summed E-state index contributed by atoms with van der Waals surface area (Å²) in [5.74, 6) is 0.255. The number of fused-ring (bicyclic) bond motifs is 1. The third-order valence-electron chi connectivity index (χ3n) is 4.27. The third kappa shape index (κ3) is 6.72. The highest BCUT2D eigenvalue weighted by atomic mass is 31.2. The van der Waals surface area contributed by atoms with E-state index in [1.165, 1.54) is 17.4 Å². The fourth-order valence-corrected chi connectivity index (χ4v) is 4.22. The lowest BCUT2D eigenvalue weighted by Crippen LogP contribution is -2.31. The van der Waals surface area contributed by atoms with Gasteiger partial charge in [0, 0.05) is 0 Å². The minimum Gasteiger partial charge on any atom is -0.408 e. The molecule has 174 valence electrons. The highest BCUT2D eigenvalue weighted by Crippen LogP contribution is 2.48. The van der Waals surface area contributed by atoms with Crippen LogP contribution in [0.15, 0.2) is 43.0 Å².